The molecule has 0 aliphatic carbocycles. The second-order valence-corrected chi connectivity index (χ2v) is 7.31. The number of aromatic nitrogens is 1. The van der Waals surface area contributed by atoms with Crippen LogP contribution in [0.15, 0.2) is 40.9 Å². The van der Waals surface area contributed by atoms with Gasteiger partial charge in [0.2, 0.25) is 0 Å². The maximum Gasteiger partial charge on any atom is 0.270 e. The molecule has 0 bridgehead atoms. The number of nitrogens with zero attached hydrogens (tertiary/aromatic N) is 2. The number of carbonyl (C=O) groups is 1. The van der Waals surface area contributed by atoms with E-state index in [9.17, 15) is 4.79 Å². The Morgan fingerprint density at radius 3 is 2.83 bits per heavy atom. The monoisotopic (exact) mass is 389 g/mol. The van der Waals surface area contributed by atoms with Crippen LogP contribution < -0.4 is 5.32 Å². The molecule has 3 rings (SSSR count). The summed E-state index contributed by atoms with van der Waals surface area (Å²) in [4.78, 5) is 15.0. The quantitative estimate of drug-likeness (QED) is 0.868. The van der Waals surface area contributed by atoms with E-state index in [4.69, 9.17) is 0 Å². The summed E-state index contributed by atoms with van der Waals surface area (Å²) < 4.78 is 3.04. The minimum Gasteiger partial charge on any atom is -0.340 e. The van der Waals surface area contributed by atoms with E-state index >= 15 is 0 Å². The Kier molecular flexibility index (Phi) is 5.41. The molecule has 1 aromatic carbocycles. The van der Waals surface area contributed by atoms with Crippen LogP contribution in [-0.2, 0) is 7.05 Å². The van der Waals surface area contributed by atoms with Gasteiger partial charge < -0.3 is 14.8 Å². The van der Waals surface area contributed by atoms with Gasteiger partial charge in [-0.15, -0.1) is 0 Å². The summed E-state index contributed by atoms with van der Waals surface area (Å²) in [6.07, 6.45) is 2.28. The predicted molar refractivity (Wildman–Crippen MR) is 101 cm³/mol. The highest BCUT2D eigenvalue weighted by atomic mass is 79.9. The molecule has 128 valence electrons. The van der Waals surface area contributed by atoms with Crippen LogP contribution in [-0.4, -0.2) is 42.1 Å². The third kappa shape index (κ3) is 3.42. The van der Waals surface area contributed by atoms with Crippen LogP contribution in [0.4, 0.5) is 0 Å². The van der Waals surface area contributed by atoms with Crippen molar-refractivity contribution in [2.45, 2.75) is 12.8 Å². The zero-order chi connectivity index (χ0) is 17.1. The topological polar surface area (TPSA) is 37.3 Å². The Morgan fingerprint density at radius 1 is 1.29 bits per heavy atom. The first-order chi connectivity index (χ1) is 11.6. The van der Waals surface area contributed by atoms with E-state index in [0.717, 1.165) is 47.5 Å². The largest absolute Gasteiger partial charge is 0.340 e. The molecule has 1 N–H and O–H groups in total. The Labute approximate surface area is 152 Å². The lowest BCUT2D eigenvalue weighted by atomic mass is 9.98. The molecule has 1 fully saturated rings. The van der Waals surface area contributed by atoms with Crippen LogP contribution >= 0.6 is 15.9 Å². The Bertz CT molecular complexity index is 723. The van der Waals surface area contributed by atoms with Crippen molar-refractivity contribution in [3.63, 3.8) is 0 Å². The van der Waals surface area contributed by atoms with E-state index in [-0.39, 0.29) is 5.91 Å². The van der Waals surface area contributed by atoms with E-state index in [1.165, 1.54) is 6.42 Å². The van der Waals surface area contributed by atoms with E-state index in [1.54, 1.807) is 0 Å². The van der Waals surface area contributed by atoms with Crippen molar-refractivity contribution in [1.29, 1.82) is 0 Å². The SMILES string of the molecule is CNC[C@H]1CCCN(C(=O)c2ccc(-c3ccccc3Br)n2C)C1. The lowest BCUT2D eigenvalue weighted by Crippen LogP contribution is -2.43. The molecule has 1 amide bonds. The van der Waals surface area contributed by atoms with Crippen molar-refractivity contribution < 1.29 is 4.79 Å². The van der Waals surface area contributed by atoms with E-state index in [1.807, 2.05) is 53.9 Å². The van der Waals surface area contributed by atoms with Crippen LogP contribution in [0.5, 0.6) is 0 Å². The summed E-state index contributed by atoms with van der Waals surface area (Å²) in [7, 11) is 3.94. The van der Waals surface area contributed by atoms with Gasteiger partial charge in [-0.2, -0.15) is 0 Å². The van der Waals surface area contributed by atoms with Crippen LogP contribution in [0.1, 0.15) is 23.3 Å². The number of nitrogens with one attached hydrogen (secondary N) is 1. The van der Waals surface area contributed by atoms with Gasteiger partial charge in [0.05, 0.1) is 0 Å². The number of amides is 1. The fourth-order valence-electron chi connectivity index (χ4n) is 3.53. The Balaban J connectivity index is 1.83. The van der Waals surface area contributed by atoms with Crippen molar-refractivity contribution >= 4 is 21.8 Å². The molecule has 2 aromatic rings. The van der Waals surface area contributed by atoms with Crippen molar-refractivity contribution in [3.8, 4) is 11.3 Å². The highest BCUT2D eigenvalue weighted by Gasteiger charge is 2.26. The fourth-order valence-corrected chi connectivity index (χ4v) is 4.02. The van der Waals surface area contributed by atoms with Crippen molar-refractivity contribution in [2.75, 3.05) is 26.7 Å². The summed E-state index contributed by atoms with van der Waals surface area (Å²) in [6, 6.07) is 12.1. The lowest BCUT2D eigenvalue weighted by molar-refractivity contribution is 0.0665. The third-order valence-electron chi connectivity index (χ3n) is 4.79. The van der Waals surface area contributed by atoms with Crippen LogP contribution in [0.3, 0.4) is 0 Å². The predicted octanol–water partition coefficient (Wildman–Crippen LogP) is 3.53. The fraction of sp³-hybridized carbons (Fsp3) is 0.421. The minimum absolute atomic E-state index is 0.136. The first-order valence-corrected chi connectivity index (χ1v) is 9.25. The molecule has 0 radical (unpaired) electrons. The van der Waals surface area contributed by atoms with Gasteiger partial charge in [-0.05, 0) is 50.6 Å². The molecule has 1 atom stereocenters. The van der Waals surface area contributed by atoms with Gasteiger partial charge in [0.25, 0.3) is 5.91 Å². The lowest BCUT2D eigenvalue weighted by Gasteiger charge is -2.32. The van der Waals surface area contributed by atoms with Crippen molar-refractivity contribution in [2.24, 2.45) is 13.0 Å². The molecular formula is C19H24BrN3O. The first kappa shape index (κ1) is 17.2. The number of halogens is 1. The third-order valence-corrected chi connectivity index (χ3v) is 5.48. The van der Waals surface area contributed by atoms with E-state index in [2.05, 4.69) is 27.3 Å². The highest BCUT2D eigenvalue weighted by Crippen LogP contribution is 2.29. The van der Waals surface area contributed by atoms with Gasteiger partial charge in [0.15, 0.2) is 0 Å². The molecule has 5 heteroatoms. The molecule has 1 aliphatic heterocycles. The van der Waals surface area contributed by atoms with Gasteiger partial charge in [0, 0.05) is 35.9 Å². The smallest absolute Gasteiger partial charge is 0.270 e. The summed E-state index contributed by atoms with van der Waals surface area (Å²) in [5, 5.41) is 3.23. The normalized spacial score (nSPS) is 18.0. The van der Waals surface area contributed by atoms with Gasteiger partial charge in [-0.3, -0.25) is 4.79 Å². The molecule has 1 saturated heterocycles. The van der Waals surface area contributed by atoms with Gasteiger partial charge in [-0.25, -0.2) is 0 Å². The van der Waals surface area contributed by atoms with Crippen molar-refractivity contribution in [3.05, 3.63) is 46.6 Å². The zero-order valence-electron chi connectivity index (χ0n) is 14.3. The highest BCUT2D eigenvalue weighted by molar-refractivity contribution is 9.10. The number of piperidine rings is 1. The zero-order valence-corrected chi connectivity index (χ0v) is 15.8. The van der Waals surface area contributed by atoms with Gasteiger partial charge in [0.1, 0.15) is 5.69 Å². The number of rotatable bonds is 4. The average Bonchev–Trinajstić information content (AvgIpc) is 2.97. The molecule has 2 heterocycles. The minimum atomic E-state index is 0.136. The molecule has 1 aromatic heterocycles. The summed E-state index contributed by atoms with van der Waals surface area (Å²) in [5.41, 5.74) is 2.91. The van der Waals surface area contributed by atoms with Crippen LogP contribution in [0.25, 0.3) is 11.3 Å². The summed E-state index contributed by atoms with van der Waals surface area (Å²) in [6.45, 7) is 2.67. The molecule has 0 unspecified atom stereocenters. The number of benzene rings is 1. The second kappa shape index (κ2) is 7.53. The Hall–Kier alpha value is -1.59. The van der Waals surface area contributed by atoms with Gasteiger partial charge in [-0.1, -0.05) is 34.1 Å². The number of likely N-dealkylation sites (tertiary alicyclic amines) is 1. The molecule has 0 spiro atoms. The number of carbonyl (C=O) groups excluding carboxylic acids is 1. The summed E-state index contributed by atoms with van der Waals surface area (Å²) in [5.74, 6) is 0.687. The molecular weight excluding hydrogens is 366 g/mol. The average molecular weight is 390 g/mol. The van der Waals surface area contributed by atoms with Crippen LogP contribution in [0, 0.1) is 5.92 Å². The summed E-state index contributed by atoms with van der Waals surface area (Å²) >= 11 is 3.60. The maximum atomic E-state index is 13.0. The molecule has 4 nitrogen and oxygen atoms in total. The first-order valence-electron chi connectivity index (χ1n) is 8.46. The molecule has 24 heavy (non-hydrogen) atoms. The van der Waals surface area contributed by atoms with Crippen LogP contribution in [0.2, 0.25) is 0 Å². The molecule has 1 aliphatic rings. The van der Waals surface area contributed by atoms with Gasteiger partial charge >= 0.3 is 0 Å². The van der Waals surface area contributed by atoms with E-state index < -0.39 is 0 Å². The maximum absolute atomic E-state index is 13.0. The molecule has 0 saturated carbocycles. The van der Waals surface area contributed by atoms with Crippen molar-refractivity contribution in [1.82, 2.24) is 14.8 Å². The Morgan fingerprint density at radius 2 is 2.08 bits per heavy atom. The standard InChI is InChI=1S/C19H24BrN3O/c1-21-12-14-6-5-11-23(13-14)19(24)18-10-9-17(22(18)2)15-7-3-4-8-16(15)20/h3-4,7-10,14,21H,5-6,11-13H2,1-2H3/t14-/m1/s1. The number of hydrogen-bond donors (Lipinski definition) is 1. The number of hydrogen-bond acceptors (Lipinski definition) is 2. The second-order valence-electron chi connectivity index (χ2n) is 6.46. The van der Waals surface area contributed by atoms with E-state index in [0.29, 0.717) is 5.92 Å².